The van der Waals surface area contributed by atoms with E-state index in [1.54, 1.807) is 0 Å². The van der Waals surface area contributed by atoms with Gasteiger partial charge in [0.05, 0.1) is 12.8 Å². The maximum Gasteiger partial charge on any atom is 0.208 e. The zero-order chi connectivity index (χ0) is 19.0. The molecule has 0 saturated carbocycles. The Morgan fingerprint density at radius 3 is 2.59 bits per heavy atom. The lowest BCUT2D eigenvalue weighted by Gasteiger charge is -2.33. The van der Waals surface area contributed by atoms with Crippen molar-refractivity contribution < 1.29 is 8.42 Å². The van der Waals surface area contributed by atoms with E-state index in [0.717, 1.165) is 50.5 Å². The van der Waals surface area contributed by atoms with Crippen molar-refractivity contribution >= 4 is 45.8 Å². The second kappa shape index (κ2) is 11.6. The zero-order valence-corrected chi connectivity index (χ0v) is 19.4. The Bertz CT molecular complexity index is 688. The molecule has 1 aliphatic heterocycles. The summed E-state index contributed by atoms with van der Waals surface area (Å²) in [5.74, 6) is 1.76. The van der Waals surface area contributed by atoms with Gasteiger partial charge in [-0.3, -0.25) is 4.99 Å². The van der Waals surface area contributed by atoms with Gasteiger partial charge in [0.1, 0.15) is 5.82 Å². The van der Waals surface area contributed by atoms with Gasteiger partial charge < -0.3 is 15.5 Å². The van der Waals surface area contributed by atoms with Crippen molar-refractivity contribution in [2.24, 2.45) is 4.99 Å². The summed E-state index contributed by atoms with van der Waals surface area (Å²) >= 11 is 0. The van der Waals surface area contributed by atoms with Crippen LogP contribution >= 0.6 is 24.0 Å². The minimum Gasteiger partial charge on any atom is -0.357 e. The van der Waals surface area contributed by atoms with Gasteiger partial charge in [-0.05, 0) is 38.3 Å². The molecule has 0 unspecified atom stereocenters. The number of piperidine rings is 1. The van der Waals surface area contributed by atoms with E-state index in [-0.39, 0.29) is 24.0 Å². The first-order chi connectivity index (χ1) is 12.4. The number of aliphatic imine (C=N–C) groups is 1. The van der Waals surface area contributed by atoms with Crippen LogP contribution in [0.4, 0.5) is 5.82 Å². The number of sulfonamides is 1. The summed E-state index contributed by atoms with van der Waals surface area (Å²) in [6.07, 6.45) is 5.06. The van der Waals surface area contributed by atoms with Crippen molar-refractivity contribution in [3.8, 4) is 0 Å². The highest BCUT2D eigenvalue weighted by Crippen LogP contribution is 2.17. The molecule has 8 nitrogen and oxygen atoms in total. The molecular formula is C17H31IN6O2S. The second-order valence-corrected chi connectivity index (χ2v) is 8.36. The molecule has 0 amide bonds. The summed E-state index contributed by atoms with van der Waals surface area (Å²) in [7, 11) is -3.17. The maximum atomic E-state index is 11.1. The Balaban J connectivity index is 0.00000364. The first-order valence-electron chi connectivity index (χ1n) is 9.04. The van der Waals surface area contributed by atoms with E-state index in [0.29, 0.717) is 19.1 Å². The van der Waals surface area contributed by atoms with Crippen LogP contribution in [0.3, 0.4) is 0 Å². The minimum absolute atomic E-state index is 0. The number of hydrogen-bond donors (Lipinski definition) is 3. The molecule has 1 aliphatic rings. The third-order valence-corrected chi connectivity index (χ3v) is 4.87. The fraction of sp³-hybridized carbons (Fsp3) is 0.647. The predicted octanol–water partition coefficient (Wildman–Crippen LogP) is 1.08. The van der Waals surface area contributed by atoms with Crippen LogP contribution in [0.1, 0.15) is 25.3 Å². The lowest BCUT2D eigenvalue weighted by molar-refractivity contribution is 0.459. The fourth-order valence-electron chi connectivity index (χ4n) is 2.81. The third kappa shape index (κ3) is 9.06. The Hall–Kier alpha value is -1.14. The molecule has 10 heteroatoms. The first kappa shape index (κ1) is 23.9. The number of nitrogens with one attached hydrogen (secondary N) is 3. The molecule has 2 rings (SSSR count). The number of hydrogen-bond acceptors (Lipinski definition) is 5. The molecule has 2 heterocycles. The van der Waals surface area contributed by atoms with Crippen LogP contribution in [-0.2, 0) is 10.0 Å². The predicted molar refractivity (Wildman–Crippen MR) is 122 cm³/mol. The number of guanidine groups is 1. The van der Waals surface area contributed by atoms with Gasteiger partial charge in [0.2, 0.25) is 10.0 Å². The average molecular weight is 510 g/mol. The summed E-state index contributed by atoms with van der Waals surface area (Å²) in [5, 5.41) is 6.66. The summed E-state index contributed by atoms with van der Waals surface area (Å²) in [4.78, 5) is 11.2. The smallest absolute Gasteiger partial charge is 0.208 e. The van der Waals surface area contributed by atoms with Crippen molar-refractivity contribution in [1.82, 2.24) is 20.3 Å². The normalized spacial score (nSPS) is 16.0. The van der Waals surface area contributed by atoms with Crippen molar-refractivity contribution in [2.45, 2.75) is 32.7 Å². The van der Waals surface area contributed by atoms with Gasteiger partial charge >= 0.3 is 0 Å². The largest absolute Gasteiger partial charge is 0.357 e. The molecular weight excluding hydrogens is 479 g/mol. The standard InChI is InChI=1S/C17H30N6O2S.HI/c1-4-18-17(19-9-10-21-26(3,24)25)22-15-7-11-23(12-8-15)16-6-5-14(2)13-20-16;/h5-6,13,15,21H,4,7-12H2,1-3H3,(H2,18,19,22);1H. The molecule has 0 radical (unpaired) electrons. The lowest BCUT2D eigenvalue weighted by Crippen LogP contribution is -2.49. The maximum absolute atomic E-state index is 11.1. The number of rotatable bonds is 7. The van der Waals surface area contributed by atoms with Crippen LogP contribution in [-0.4, -0.2) is 64.4 Å². The number of nitrogens with zero attached hydrogens (tertiary/aromatic N) is 3. The summed E-state index contributed by atoms with van der Waals surface area (Å²) < 4.78 is 24.6. The highest BCUT2D eigenvalue weighted by atomic mass is 127. The molecule has 0 atom stereocenters. The van der Waals surface area contributed by atoms with Crippen LogP contribution in [0.15, 0.2) is 23.3 Å². The Labute approximate surface area is 179 Å². The topological polar surface area (TPSA) is 98.7 Å². The van der Waals surface area contributed by atoms with Crippen molar-refractivity contribution in [2.75, 3.05) is 43.9 Å². The van der Waals surface area contributed by atoms with E-state index in [9.17, 15) is 8.42 Å². The first-order valence-corrected chi connectivity index (χ1v) is 10.9. The van der Waals surface area contributed by atoms with Gasteiger partial charge in [0.15, 0.2) is 5.96 Å². The van der Waals surface area contributed by atoms with E-state index in [4.69, 9.17) is 0 Å². The quantitative estimate of drug-likeness (QED) is 0.220. The Kier molecular flexibility index (Phi) is 10.3. The van der Waals surface area contributed by atoms with Gasteiger partial charge in [-0.15, -0.1) is 24.0 Å². The van der Waals surface area contributed by atoms with Crippen molar-refractivity contribution in [1.29, 1.82) is 0 Å². The number of anilines is 1. The molecule has 3 N–H and O–H groups in total. The Morgan fingerprint density at radius 1 is 1.33 bits per heavy atom. The average Bonchev–Trinajstić information content (AvgIpc) is 2.59. The molecule has 27 heavy (non-hydrogen) atoms. The van der Waals surface area contributed by atoms with E-state index in [2.05, 4.69) is 42.4 Å². The highest BCUT2D eigenvalue weighted by molar-refractivity contribution is 14.0. The third-order valence-electron chi connectivity index (χ3n) is 4.15. The number of aryl methyl sites for hydroxylation is 1. The number of pyridine rings is 1. The molecule has 0 aromatic carbocycles. The molecule has 0 bridgehead atoms. The number of halogens is 1. The second-order valence-electron chi connectivity index (χ2n) is 6.53. The molecule has 1 aromatic rings. The fourth-order valence-corrected chi connectivity index (χ4v) is 3.27. The van der Waals surface area contributed by atoms with Crippen LogP contribution in [0.2, 0.25) is 0 Å². The molecule has 1 aromatic heterocycles. The van der Waals surface area contributed by atoms with Gasteiger partial charge in [0.25, 0.3) is 0 Å². The molecule has 1 fully saturated rings. The van der Waals surface area contributed by atoms with Gasteiger partial charge in [0, 0.05) is 38.4 Å². The Morgan fingerprint density at radius 2 is 2.04 bits per heavy atom. The summed E-state index contributed by atoms with van der Waals surface area (Å²) in [5.41, 5.74) is 1.17. The minimum atomic E-state index is -3.17. The molecule has 1 saturated heterocycles. The number of aromatic nitrogens is 1. The van der Waals surface area contributed by atoms with Crippen LogP contribution < -0.4 is 20.3 Å². The van der Waals surface area contributed by atoms with E-state index < -0.39 is 10.0 Å². The summed E-state index contributed by atoms with van der Waals surface area (Å²) in [6.45, 7) is 7.40. The van der Waals surface area contributed by atoms with Gasteiger partial charge in [-0.2, -0.15) is 0 Å². The van der Waals surface area contributed by atoms with Gasteiger partial charge in [-0.1, -0.05) is 6.07 Å². The molecule has 0 spiro atoms. The van der Waals surface area contributed by atoms with Crippen LogP contribution in [0.25, 0.3) is 0 Å². The van der Waals surface area contributed by atoms with E-state index in [1.807, 2.05) is 20.0 Å². The van der Waals surface area contributed by atoms with Crippen molar-refractivity contribution in [3.63, 3.8) is 0 Å². The molecule has 154 valence electrons. The van der Waals surface area contributed by atoms with Crippen molar-refractivity contribution in [3.05, 3.63) is 23.9 Å². The highest BCUT2D eigenvalue weighted by Gasteiger charge is 2.20. The van der Waals surface area contributed by atoms with Gasteiger partial charge in [-0.25, -0.2) is 18.1 Å². The van der Waals surface area contributed by atoms with E-state index >= 15 is 0 Å². The van der Waals surface area contributed by atoms with E-state index in [1.165, 1.54) is 5.56 Å². The lowest BCUT2D eigenvalue weighted by atomic mass is 10.1. The van der Waals surface area contributed by atoms with Crippen LogP contribution in [0, 0.1) is 6.92 Å². The molecule has 0 aliphatic carbocycles. The zero-order valence-electron chi connectivity index (χ0n) is 16.2. The summed E-state index contributed by atoms with van der Waals surface area (Å²) in [6, 6.07) is 4.51. The van der Waals surface area contributed by atoms with Crippen LogP contribution in [0.5, 0.6) is 0 Å². The monoisotopic (exact) mass is 510 g/mol. The SMILES string of the molecule is CCNC(=NCCNS(C)(=O)=O)NC1CCN(c2ccc(C)cn2)CC1.I.